The van der Waals surface area contributed by atoms with Gasteiger partial charge in [-0.05, 0) is 19.8 Å². The highest BCUT2D eigenvalue weighted by Gasteiger charge is 2.27. The summed E-state index contributed by atoms with van der Waals surface area (Å²) in [5, 5.41) is 2.72. The number of rotatable bonds is 5. The number of ketones is 1. The number of carbonyl (C=O) groups is 2. The van der Waals surface area contributed by atoms with Gasteiger partial charge in [-0.15, -0.1) is 0 Å². The topological polar surface area (TPSA) is 75.2 Å². The summed E-state index contributed by atoms with van der Waals surface area (Å²) in [4.78, 5) is 34.3. The Morgan fingerprint density at radius 3 is 2.41 bits per heavy atom. The molecule has 122 valence electrons. The van der Waals surface area contributed by atoms with Crippen LogP contribution in [0.2, 0.25) is 0 Å². The van der Waals surface area contributed by atoms with E-state index in [4.69, 9.17) is 0 Å². The molecule has 1 aromatic rings. The van der Waals surface area contributed by atoms with E-state index in [0.717, 1.165) is 25.9 Å². The first-order chi connectivity index (χ1) is 10.5. The minimum Gasteiger partial charge on any atom is -0.352 e. The molecular weight excluding hydrogens is 280 g/mol. The van der Waals surface area contributed by atoms with Crippen LogP contribution in [-0.4, -0.2) is 41.3 Å². The quantitative estimate of drug-likeness (QED) is 0.899. The van der Waals surface area contributed by atoms with Crippen LogP contribution in [0.4, 0.5) is 5.95 Å². The van der Waals surface area contributed by atoms with Crippen LogP contribution in [0, 0.1) is 11.8 Å². The first-order valence-electron chi connectivity index (χ1n) is 7.91. The second-order valence-corrected chi connectivity index (χ2v) is 5.95. The highest BCUT2D eigenvalue weighted by Crippen LogP contribution is 2.23. The van der Waals surface area contributed by atoms with E-state index in [9.17, 15) is 9.59 Å². The Morgan fingerprint density at radius 1 is 1.32 bits per heavy atom. The molecule has 0 unspecified atom stereocenters. The Morgan fingerprint density at radius 2 is 1.91 bits per heavy atom. The van der Waals surface area contributed by atoms with Crippen molar-refractivity contribution in [3.05, 3.63) is 18.0 Å². The van der Waals surface area contributed by atoms with E-state index in [0.29, 0.717) is 23.8 Å². The summed E-state index contributed by atoms with van der Waals surface area (Å²) >= 11 is 0. The molecular formula is C16H26N4O2. The maximum absolute atomic E-state index is 12.0. The molecule has 22 heavy (non-hydrogen) atoms. The number of amides is 1. The lowest BCUT2D eigenvalue weighted by Crippen LogP contribution is -2.38. The first-order valence-corrected chi connectivity index (χ1v) is 7.91. The summed E-state index contributed by atoms with van der Waals surface area (Å²) in [5.41, 5.74) is 0.468. The van der Waals surface area contributed by atoms with Gasteiger partial charge in [0.2, 0.25) is 5.95 Å². The molecule has 0 atom stereocenters. The normalized spacial score (nSPS) is 15.9. The fourth-order valence-electron chi connectivity index (χ4n) is 2.70. The number of anilines is 1. The maximum atomic E-state index is 12.0. The molecule has 0 aromatic carbocycles. The van der Waals surface area contributed by atoms with Gasteiger partial charge in [0.25, 0.3) is 5.91 Å². The van der Waals surface area contributed by atoms with E-state index in [-0.39, 0.29) is 19.2 Å². The van der Waals surface area contributed by atoms with Crippen molar-refractivity contribution in [2.75, 3.05) is 24.5 Å². The van der Waals surface area contributed by atoms with Gasteiger partial charge in [0.1, 0.15) is 5.78 Å². The molecule has 1 aliphatic heterocycles. The van der Waals surface area contributed by atoms with Crippen LogP contribution in [0.5, 0.6) is 0 Å². The number of nitrogens with zero attached hydrogens (tertiary/aromatic N) is 3. The Bertz CT molecular complexity index is 525. The Balaban J connectivity index is 0.00000264. The average Bonchev–Trinajstić information content (AvgIpc) is 2.54. The predicted octanol–water partition coefficient (Wildman–Crippen LogP) is 1.91. The van der Waals surface area contributed by atoms with Crippen LogP contribution in [0.25, 0.3) is 0 Å². The minimum absolute atomic E-state index is 0. The largest absolute Gasteiger partial charge is 0.352 e. The maximum Gasteiger partial charge on any atom is 0.254 e. The van der Waals surface area contributed by atoms with E-state index >= 15 is 0 Å². The monoisotopic (exact) mass is 306 g/mol. The first kappa shape index (κ1) is 16.4. The second-order valence-electron chi connectivity index (χ2n) is 5.95. The Labute approximate surface area is 132 Å². The molecule has 1 aliphatic rings. The van der Waals surface area contributed by atoms with E-state index in [2.05, 4.69) is 20.2 Å². The molecule has 1 saturated heterocycles. The number of nitrogens with one attached hydrogen (secondary N) is 1. The van der Waals surface area contributed by atoms with Crippen molar-refractivity contribution in [2.45, 2.75) is 33.6 Å². The molecule has 0 spiro atoms. The number of piperidine rings is 1. The standard InChI is InChI=1S/C16H24N4O2.H2/c1-4-17-15(22)13-9-18-16(19-10-13)20-7-5-12(6-8-20)14(21)11(2)3;/h9-12H,4-8H2,1-3H3,(H,17,22);1H. The second kappa shape index (κ2) is 7.33. The van der Waals surface area contributed by atoms with Gasteiger partial charge in [0.15, 0.2) is 0 Å². The molecule has 0 radical (unpaired) electrons. The number of Topliss-reactive ketones (excluding diaryl/α,β-unsaturated/α-hetero) is 1. The molecule has 2 heterocycles. The van der Waals surface area contributed by atoms with E-state index in [1.165, 1.54) is 0 Å². The summed E-state index contributed by atoms with van der Waals surface area (Å²) in [6.07, 6.45) is 4.80. The third kappa shape index (κ3) is 3.81. The lowest BCUT2D eigenvalue weighted by atomic mass is 9.87. The molecule has 0 aliphatic carbocycles. The summed E-state index contributed by atoms with van der Waals surface area (Å²) in [6, 6.07) is 0. The summed E-state index contributed by atoms with van der Waals surface area (Å²) in [6.45, 7) is 7.93. The van der Waals surface area contributed by atoms with Crippen LogP contribution in [0.3, 0.4) is 0 Å². The molecule has 6 nitrogen and oxygen atoms in total. The molecule has 1 N–H and O–H groups in total. The summed E-state index contributed by atoms with van der Waals surface area (Å²) in [7, 11) is 0. The van der Waals surface area contributed by atoms with Gasteiger partial charge in [-0.3, -0.25) is 9.59 Å². The van der Waals surface area contributed by atoms with Crippen LogP contribution >= 0.6 is 0 Å². The van der Waals surface area contributed by atoms with Crippen molar-refractivity contribution in [1.82, 2.24) is 15.3 Å². The smallest absolute Gasteiger partial charge is 0.254 e. The van der Waals surface area contributed by atoms with Gasteiger partial charge >= 0.3 is 0 Å². The predicted molar refractivity (Wildman–Crippen MR) is 86.9 cm³/mol. The van der Waals surface area contributed by atoms with Crippen molar-refractivity contribution in [3.63, 3.8) is 0 Å². The van der Waals surface area contributed by atoms with Gasteiger partial charge in [-0.25, -0.2) is 9.97 Å². The highest BCUT2D eigenvalue weighted by molar-refractivity contribution is 5.93. The SMILES string of the molecule is CCNC(=O)c1cnc(N2CCC(C(=O)C(C)C)CC2)nc1.[HH]. The van der Waals surface area contributed by atoms with Crippen molar-refractivity contribution in [1.29, 1.82) is 0 Å². The average molecular weight is 306 g/mol. The lowest BCUT2D eigenvalue weighted by molar-refractivity contribution is -0.126. The van der Waals surface area contributed by atoms with Crippen molar-refractivity contribution >= 4 is 17.6 Å². The molecule has 1 amide bonds. The Kier molecular flexibility index (Phi) is 5.46. The molecule has 0 saturated carbocycles. The third-order valence-electron chi connectivity index (χ3n) is 3.99. The van der Waals surface area contributed by atoms with Gasteiger partial charge in [0, 0.05) is 45.3 Å². The number of hydrogen-bond acceptors (Lipinski definition) is 5. The number of aromatic nitrogens is 2. The lowest BCUT2D eigenvalue weighted by Gasteiger charge is -2.31. The van der Waals surface area contributed by atoms with Gasteiger partial charge in [-0.1, -0.05) is 13.8 Å². The van der Waals surface area contributed by atoms with Gasteiger partial charge in [0.05, 0.1) is 5.56 Å². The van der Waals surface area contributed by atoms with Crippen LogP contribution < -0.4 is 10.2 Å². The number of carbonyl (C=O) groups excluding carboxylic acids is 2. The van der Waals surface area contributed by atoms with Gasteiger partial charge < -0.3 is 10.2 Å². The zero-order valence-corrected chi connectivity index (χ0v) is 13.5. The zero-order chi connectivity index (χ0) is 16.1. The van der Waals surface area contributed by atoms with E-state index in [1.807, 2.05) is 20.8 Å². The summed E-state index contributed by atoms with van der Waals surface area (Å²) in [5.74, 6) is 1.08. The van der Waals surface area contributed by atoms with Crippen molar-refractivity contribution < 1.29 is 11.0 Å². The summed E-state index contributed by atoms with van der Waals surface area (Å²) < 4.78 is 0. The third-order valence-corrected chi connectivity index (χ3v) is 3.99. The molecule has 0 bridgehead atoms. The minimum atomic E-state index is -0.157. The van der Waals surface area contributed by atoms with Gasteiger partial charge in [-0.2, -0.15) is 0 Å². The molecule has 1 fully saturated rings. The van der Waals surface area contributed by atoms with E-state index in [1.54, 1.807) is 12.4 Å². The molecule has 6 heteroatoms. The van der Waals surface area contributed by atoms with Crippen molar-refractivity contribution in [2.24, 2.45) is 11.8 Å². The Hall–Kier alpha value is -1.98. The van der Waals surface area contributed by atoms with Crippen molar-refractivity contribution in [3.8, 4) is 0 Å². The van der Waals surface area contributed by atoms with Crippen LogP contribution in [0.1, 0.15) is 45.4 Å². The van der Waals surface area contributed by atoms with E-state index < -0.39 is 0 Å². The fraction of sp³-hybridized carbons (Fsp3) is 0.625. The van der Waals surface area contributed by atoms with Crippen LogP contribution in [0.15, 0.2) is 12.4 Å². The highest BCUT2D eigenvalue weighted by atomic mass is 16.1. The molecule has 2 rings (SSSR count). The zero-order valence-electron chi connectivity index (χ0n) is 13.5. The van der Waals surface area contributed by atoms with Crippen LogP contribution in [-0.2, 0) is 4.79 Å². The fourth-order valence-corrected chi connectivity index (χ4v) is 2.70. The molecule has 1 aromatic heterocycles. The number of hydrogen-bond donors (Lipinski definition) is 1.